The molecule has 0 aromatic heterocycles. The summed E-state index contributed by atoms with van der Waals surface area (Å²) in [5.41, 5.74) is 2.18. The van der Waals surface area contributed by atoms with Gasteiger partial charge in [-0.2, -0.15) is 0 Å². The van der Waals surface area contributed by atoms with Crippen molar-refractivity contribution in [2.45, 2.75) is 26.1 Å². The van der Waals surface area contributed by atoms with Crippen molar-refractivity contribution in [3.05, 3.63) is 34.8 Å². The topological polar surface area (TPSA) is 41.6 Å². The van der Waals surface area contributed by atoms with Gasteiger partial charge in [-0.15, -0.1) is 13.2 Å². The minimum Gasteiger partial charge on any atom is -0.409 e. The van der Waals surface area contributed by atoms with Crippen LogP contribution in [0.2, 0.25) is 0 Å². The zero-order valence-electron chi connectivity index (χ0n) is 12.2. The summed E-state index contributed by atoms with van der Waals surface area (Å²) in [5, 5.41) is 3.16. The van der Waals surface area contributed by atoms with Crippen molar-refractivity contribution in [1.82, 2.24) is 10.2 Å². The Bertz CT molecular complexity index is 590. The van der Waals surface area contributed by atoms with E-state index in [9.17, 15) is 18.0 Å². The standard InChI is InChI=1S/C15H17F3N2O2/c1-2-3-9-6-10-11-8-19-4-5-20(11)14(21)13(10)12(7-9)22-15(16,17)18/h6-7,13,19H,2-5,8H2,1H3. The summed E-state index contributed by atoms with van der Waals surface area (Å²) < 4.78 is 42.2. The fourth-order valence-electron chi connectivity index (χ4n) is 3.19. The number of carbonyl (C=O) groups is 1. The lowest BCUT2D eigenvalue weighted by molar-refractivity contribution is -0.307. The summed E-state index contributed by atoms with van der Waals surface area (Å²) in [6.07, 6.45) is -0.119. The number of amides is 1. The lowest BCUT2D eigenvalue weighted by Crippen LogP contribution is -2.43. The molecule has 1 fully saturated rings. The van der Waals surface area contributed by atoms with Gasteiger partial charge in [-0.1, -0.05) is 19.4 Å². The Morgan fingerprint density at radius 1 is 1.41 bits per heavy atom. The Hall–Kier alpha value is -1.76. The van der Waals surface area contributed by atoms with Crippen molar-refractivity contribution in [2.75, 3.05) is 19.6 Å². The van der Waals surface area contributed by atoms with Crippen molar-refractivity contribution in [3.63, 3.8) is 0 Å². The molecule has 1 unspecified atom stereocenters. The molecule has 4 nitrogen and oxygen atoms in total. The molecule has 3 rings (SSSR count). The number of halogens is 3. The minimum atomic E-state index is -4.79. The van der Waals surface area contributed by atoms with Crippen LogP contribution in [-0.2, 0) is 9.53 Å². The highest BCUT2D eigenvalue weighted by molar-refractivity contribution is 5.91. The molecule has 0 bridgehead atoms. The fraction of sp³-hybridized carbons (Fsp3) is 0.533. The van der Waals surface area contributed by atoms with Gasteiger partial charge < -0.3 is 15.0 Å². The molecule has 0 aromatic rings. The van der Waals surface area contributed by atoms with Gasteiger partial charge in [0.05, 0.1) is 0 Å². The molecule has 0 saturated carbocycles. The summed E-state index contributed by atoms with van der Waals surface area (Å²) in [6.45, 7) is 3.56. The summed E-state index contributed by atoms with van der Waals surface area (Å²) in [6, 6.07) is 0. The number of alkyl halides is 3. The van der Waals surface area contributed by atoms with Gasteiger partial charge in [0, 0.05) is 25.3 Å². The van der Waals surface area contributed by atoms with E-state index in [2.05, 4.69) is 10.1 Å². The van der Waals surface area contributed by atoms with Gasteiger partial charge in [0.25, 0.3) is 0 Å². The van der Waals surface area contributed by atoms with Crippen LogP contribution in [0.3, 0.4) is 0 Å². The second-order valence-electron chi connectivity index (χ2n) is 5.57. The zero-order chi connectivity index (χ0) is 15.9. The van der Waals surface area contributed by atoms with Crippen molar-refractivity contribution in [1.29, 1.82) is 0 Å². The van der Waals surface area contributed by atoms with Crippen molar-refractivity contribution < 1.29 is 22.7 Å². The molecule has 1 aliphatic carbocycles. The van der Waals surface area contributed by atoms with Crippen LogP contribution in [0.15, 0.2) is 34.8 Å². The molecule has 0 aromatic carbocycles. The van der Waals surface area contributed by atoms with Gasteiger partial charge in [-0.25, -0.2) is 0 Å². The zero-order valence-corrected chi connectivity index (χ0v) is 12.2. The van der Waals surface area contributed by atoms with E-state index in [0.29, 0.717) is 31.6 Å². The van der Waals surface area contributed by atoms with E-state index < -0.39 is 12.3 Å². The SMILES string of the molecule is CCCC1=CC2=C3CNCCN3C(=O)C2C(OC(F)(F)F)=C1. The lowest BCUT2D eigenvalue weighted by atomic mass is 9.88. The number of piperazine rings is 1. The monoisotopic (exact) mass is 314 g/mol. The number of nitrogens with zero attached hydrogens (tertiary/aromatic N) is 1. The lowest BCUT2D eigenvalue weighted by Gasteiger charge is -2.26. The Morgan fingerprint density at radius 2 is 2.18 bits per heavy atom. The average molecular weight is 314 g/mol. The van der Waals surface area contributed by atoms with Crippen LogP contribution in [0.4, 0.5) is 13.2 Å². The molecule has 2 aliphatic heterocycles. The van der Waals surface area contributed by atoms with Gasteiger partial charge in [-0.05, 0) is 23.6 Å². The average Bonchev–Trinajstić information content (AvgIpc) is 2.72. The van der Waals surface area contributed by atoms with Gasteiger partial charge in [0.2, 0.25) is 5.91 Å². The van der Waals surface area contributed by atoms with Crippen LogP contribution >= 0.6 is 0 Å². The number of hydrogen-bond acceptors (Lipinski definition) is 3. The molecule has 1 atom stereocenters. The molecule has 1 amide bonds. The quantitative estimate of drug-likeness (QED) is 0.870. The molecule has 3 aliphatic rings. The third-order valence-electron chi connectivity index (χ3n) is 4.01. The van der Waals surface area contributed by atoms with E-state index in [1.165, 1.54) is 6.08 Å². The predicted molar refractivity (Wildman–Crippen MR) is 73.3 cm³/mol. The normalized spacial score (nSPS) is 24.8. The van der Waals surface area contributed by atoms with Crippen LogP contribution in [0.1, 0.15) is 19.8 Å². The molecule has 7 heteroatoms. The first kappa shape index (κ1) is 15.1. The molecule has 1 saturated heterocycles. The number of nitrogens with one attached hydrogen (secondary N) is 1. The number of rotatable bonds is 3. The van der Waals surface area contributed by atoms with E-state index in [4.69, 9.17) is 0 Å². The number of fused-ring (bicyclic) bond motifs is 2. The maximum atomic E-state index is 12.7. The number of ether oxygens (including phenoxy) is 1. The molecule has 1 N–H and O–H groups in total. The van der Waals surface area contributed by atoms with E-state index in [1.54, 1.807) is 4.90 Å². The predicted octanol–water partition coefficient (Wildman–Crippen LogP) is 2.46. The van der Waals surface area contributed by atoms with Crippen LogP contribution in [-0.4, -0.2) is 36.8 Å². The van der Waals surface area contributed by atoms with Gasteiger partial charge in [0.15, 0.2) is 0 Å². The van der Waals surface area contributed by atoms with Gasteiger partial charge in [0.1, 0.15) is 11.7 Å². The summed E-state index contributed by atoms with van der Waals surface area (Å²) >= 11 is 0. The third-order valence-corrected chi connectivity index (χ3v) is 4.01. The highest BCUT2D eigenvalue weighted by Gasteiger charge is 2.46. The first-order chi connectivity index (χ1) is 10.4. The van der Waals surface area contributed by atoms with Crippen LogP contribution in [0.25, 0.3) is 0 Å². The van der Waals surface area contributed by atoms with Gasteiger partial charge in [-0.3, -0.25) is 4.79 Å². The van der Waals surface area contributed by atoms with Crippen LogP contribution in [0.5, 0.6) is 0 Å². The second kappa shape index (κ2) is 5.46. The largest absolute Gasteiger partial charge is 0.572 e. The molecular formula is C15H17F3N2O2. The highest BCUT2D eigenvalue weighted by atomic mass is 19.4. The fourth-order valence-corrected chi connectivity index (χ4v) is 3.19. The first-order valence-electron chi connectivity index (χ1n) is 7.33. The highest BCUT2D eigenvalue weighted by Crippen LogP contribution is 2.42. The Labute approximate surface area is 126 Å². The third kappa shape index (κ3) is 2.65. The van der Waals surface area contributed by atoms with E-state index in [-0.39, 0.29) is 11.7 Å². The van der Waals surface area contributed by atoms with E-state index in [0.717, 1.165) is 17.7 Å². The maximum Gasteiger partial charge on any atom is 0.572 e. The molecule has 2 heterocycles. The summed E-state index contributed by atoms with van der Waals surface area (Å²) in [4.78, 5) is 14.1. The molecular weight excluding hydrogens is 297 g/mol. The first-order valence-corrected chi connectivity index (χ1v) is 7.33. The molecule has 0 radical (unpaired) electrons. The molecule has 120 valence electrons. The van der Waals surface area contributed by atoms with Crippen molar-refractivity contribution in [3.8, 4) is 0 Å². The maximum absolute atomic E-state index is 12.7. The van der Waals surface area contributed by atoms with Gasteiger partial charge >= 0.3 is 6.36 Å². The molecule has 22 heavy (non-hydrogen) atoms. The van der Waals surface area contributed by atoms with Crippen molar-refractivity contribution >= 4 is 5.91 Å². The Balaban J connectivity index is 2.02. The summed E-state index contributed by atoms with van der Waals surface area (Å²) in [5.74, 6) is -1.59. The number of hydrogen-bond donors (Lipinski definition) is 1. The van der Waals surface area contributed by atoms with Crippen molar-refractivity contribution in [2.24, 2.45) is 5.92 Å². The Kier molecular flexibility index (Phi) is 3.76. The van der Waals surface area contributed by atoms with E-state index >= 15 is 0 Å². The molecule has 0 spiro atoms. The number of carbonyl (C=O) groups excluding carboxylic acids is 1. The minimum absolute atomic E-state index is 0.305. The number of allylic oxidation sites excluding steroid dienone is 3. The van der Waals surface area contributed by atoms with Crippen LogP contribution in [0, 0.1) is 5.92 Å². The smallest absolute Gasteiger partial charge is 0.409 e. The van der Waals surface area contributed by atoms with E-state index in [1.807, 2.05) is 13.0 Å². The Morgan fingerprint density at radius 3 is 2.86 bits per heavy atom. The summed E-state index contributed by atoms with van der Waals surface area (Å²) in [7, 11) is 0. The second-order valence-corrected chi connectivity index (χ2v) is 5.57. The van der Waals surface area contributed by atoms with Crippen LogP contribution < -0.4 is 5.32 Å².